The molecule has 0 fully saturated rings. The minimum Gasteiger partial charge on any atom is -0.466 e. The van der Waals surface area contributed by atoms with Crippen LogP contribution in [0.25, 0.3) is 0 Å². The molecule has 3 unspecified atom stereocenters. The summed E-state index contributed by atoms with van der Waals surface area (Å²) in [6, 6.07) is 0. The van der Waals surface area contributed by atoms with E-state index in [2.05, 4.69) is 19.6 Å². The third-order valence-electron chi connectivity index (χ3n) is 4.70. The van der Waals surface area contributed by atoms with Crippen LogP contribution in [0.1, 0.15) is 26.7 Å². The Labute approximate surface area is 114 Å². The van der Waals surface area contributed by atoms with Crippen LogP contribution in [0.15, 0.2) is 36.0 Å². The highest BCUT2D eigenvalue weighted by molar-refractivity contribution is 5.94. The zero-order valence-electron chi connectivity index (χ0n) is 11.7. The van der Waals surface area contributed by atoms with E-state index < -0.39 is 0 Å². The van der Waals surface area contributed by atoms with Crippen molar-refractivity contribution in [2.45, 2.75) is 26.7 Å². The van der Waals surface area contributed by atoms with Crippen molar-refractivity contribution >= 4 is 11.8 Å². The third kappa shape index (κ3) is 2.18. The van der Waals surface area contributed by atoms with Gasteiger partial charge in [-0.2, -0.15) is 0 Å². The van der Waals surface area contributed by atoms with E-state index in [1.54, 1.807) is 6.08 Å². The molecule has 0 aromatic heterocycles. The van der Waals surface area contributed by atoms with Gasteiger partial charge in [-0.1, -0.05) is 32.6 Å². The maximum Gasteiger partial charge on any atom is 0.333 e. The number of ether oxygens (including phenoxy) is 1. The maximum atomic E-state index is 11.9. The number of hydrogen-bond acceptors (Lipinski definition) is 3. The van der Waals surface area contributed by atoms with Crippen LogP contribution in [0.2, 0.25) is 0 Å². The van der Waals surface area contributed by atoms with Gasteiger partial charge in [-0.25, -0.2) is 4.79 Å². The summed E-state index contributed by atoms with van der Waals surface area (Å²) >= 11 is 0. The molecular formula is C16H20O3. The molecule has 0 amide bonds. The maximum absolute atomic E-state index is 11.9. The molecule has 2 rings (SSSR count). The zero-order valence-corrected chi connectivity index (χ0v) is 11.7. The summed E-state index contributed by atoms with van der Waals surface area (Å²) in [6.45, 7) is 7.92. The molecule has 0 spiro atoms. The first-order valence-electron chi connectivity index (χ1n) is 6.60. The van der Waals surface area contributed by atoms with Crippen LogP contribution in [0, 0.1) is 17.3 Å². The molecule has 0 bridgehead atoms. The average molecular weight is 260 g/mol. The second kappa shape index (κ2) is 4.80. The van der Waals surface area contributed by atoms with Gasteiger partial charge < -0.3 is 4.74 Å². The van der Waals surface area contributed by atoms with E-state index in [0.717, 1.165) is 12.8 Å². The Hall–Kier alpha value is -1.64. The first-order valence-corrected chi connectivity index (χ1v) is 6.60. The molecule has 0 heterocycles. The molecule has 0 radical (unpaired) electrons. The second-order valence-corrected chi connectivity index (χ2v) is 5.69. The van der Waals surface area contributed by atoms with E-state index >= 15 is 0 Å². The average Bonchev–Trinajstić information content (AvgIpc) is 2.41. The van der Waals surface area contributed by atoms with Gasteiger partial charge >= 0.3 is 5.97 Å². The van der Waals surface area contributed by atoms with Crippen LogP contribution in [0.5, 0.6) is 0 Å². The van der Waals surface area contributed by atoms with Crippen molar-refractivity contribution in [3.63, 3.8) is 0 Å². The van der Waals surface area contributed by atoms with Gasteiger partial charge in [-0.05, 0) is 30.4 Å². The van der Waals surface area contributed by atoms with Crippen molar-refractivity contribution < 1.29 is 14.3 Å². The smallest absolute Gasteiger partial charge is 0.333 e. The Morgan fingerprint density at radius 3 is 2.79 bits per heavy atom. The summed E-state index contributed by atoms with van der Waals surface area (Å²) in [5.41, 5.74) is 1.51. The number of fused-ring (bicyclic) bond motifs is 1. The van der Waals surface area contributed by atoms with Gasteiger partial charge in [-0.3, -0.25) is 4.79 Å². The summed E-state index contributed by atoms with van der Waals surface area (Å²) in [4.78, 5) is 23.5. The lowest BCUT2D eigenvalue weighted by Gasteiger charge is -2.43. The first-order chi connectivity index (χ1) is 8.90. The van der Waals surface area contributed by atoms with E-state index in [4.69, 9.17) is 4.74 Å². The number of hydrogen-bond donors (Lipinski definition) is 0. The van der Waals surface area contributed by atoms with E-state index in [9.17, 15) is 9.59 Å². The number of rotatable bonds is 2. The fraction of sp³-hybridized carbons (Fsp3) is 0.500. The molecule has 2 aliphatic rings. The van der Waals surface area contributed by atoms with Gasteiger partial charge in [0, 0.05) is 16.9 Å². The normalized spacial score (nSPS) is 33.4. The summed E-state index contributed by atoms with van der Waals surface area (Å²) in [7, 11) is 1.37. The van der Waals surface area contributed by atoms with Crippen LogP contribution >= 0.6 is 0 Å². The third-order valence-corrected chi connectivity index (χ3v) is 4.70. The predicted molar refractivity (Wildman–Crippen MR) is 73.4 cm³/mol. The quantitative estimate of drug-likeness (QED) is 0.566. The van der Waals surface area contributed by atoms with Gasteiger partial charge in [0.1, 0.15) is 0 Å². The monoisotopic (exact) mass is 260 g/mol. The Bertz CT molecular complexity index is 498. The highest BCUT2D eigenvalue weighted by atomic mass is 16.5. The topological polar surface area (TPSA) is 43.4 Å². The summed E-state index contributed by atoms with van der Waals surface area (Å²) in [6.07, 6.45) is 7.25. The lowest BCUT2D eigenvalue weighted by Crippen LogP contribution is -2.39. The summed E-state index contributed by atoms with van der Waals surface area (Å²) < 4.78 is 4.74. The largest absolute Gasteiger partial charge is 0.466 e. The lowest BCUT2D eigenvalue weighted by atomic mass is 9.59. The fourth-order valence-electron chi connectivity index (χ4n) is 3.09. The first kappa shape index (κ1) is 13.8. The second-order valence-electron chi connectivity index (χ2n) is 5.69. The molecule has 19 heavy (non-hydrogen) atoms. The van der Waals surface area contributed by atoms with Gasteiger partial charge in [0.15, 0.2) is 5.78 Å². The molecule has 3 nitrogen and oxygen atoms in total. The van der Waals surface area contributed by atoms with Crippen LogP contribution in [0.3, 0.4) is 0 Å². The van der Waals surface area contributed by atoms with E-state index in [-0.39, 0.29) is 29.0 Å². The fourth-order valence-corrected chi connectivity index (χ4v) is 3.09. The Kier molecular flexibility index (Phi) is 3.48. The van der Waals surface area contributed by atoms with Crippen molar-refractivity contribution in [3.05, 3.63) is 36.0 Å². The zero-order chi connectivity index (χ0) is 14.2. The standard InChI is InChI=1S/C16H20O3/c1-10(15(18)19-4)12-5-6-13-7-8-14(17)11(2)16(13,3)9-12/h6-8,11-12H,1,5,9H2,2-4H3. The van der Waals surface area contributed by atoms with Gasteiger partial charge in [0.05, 0.1) is 7.11 Å². The van der Waals surface area contributed by atoms with Gasteiger partial charge in [0.25, 0.3) is 0 Å². The highest BCUT2D eigenvalue weighted by Crippen LogP contribution is 2.49. The summed E-state index contributed by atoms with van der Waals surface area (Å²) in [5, 5.41) is 0. The minimum atomic E-state index is -0.351. The Morgan fingerprint density at radius 1 is 1.47 bits per heavy atom. The molecule has 0 aliphatic heterocycles. The number of allylic oxidation sites excluding steroid dienone is 4. The number of esters is 1. The summed E-state index contributed by atoms with van der Waals surface area (Å²) in [5.74, 6) is -0.195. The molecule has 102 valence electrons. The molecule has 0 aromatic rings. The van der Waals surface area contributed by atoms with Gasteiger partial charge in [0.2, 0.25) is 0 Å². The Balaban J connectivity index is 2.29. The highest BCUT2D eigenvalue weighted by Gasteiger charge is 2.44. The molecule has 0 saturated carbocycles. The van der Waals surface area contributed by atoms with Crippen molar-refractivity contribution in [3.8, 4) is 0 Å². The lowest BCUT2D eigenvalue weighted by molar-refractivity contribution is -0.136. The molecular weight excluding hydrogens is 240 g/mol. The molecule has 2 aliphatic carbocycles. The van der Waals surface area contributed by atoms with Crippen molar-refractivity contribution in [2.24, 2.45) is 17.3 Å². The molecule has 3 heteroatoms. The van der Waals surface area contributed by atoms with Crippen molar-refractivity contribution in [2.75, 3.05) is 7.11 Å². The van der Waals surface area contributed by atoms with Crippen LogP contribution in [-0.4, -0.2) is 18.9 Å². The van der Waals surface area contributed by atoms with E-state index in [0.29, 0.717) is 5.57 Å². The molecule has 0 saturated heterocycles. The van der Waals surface area contributed by atoms with Gasteiger partial charge in [-0.15, -0.1) is 0 Å². The predicted octanol–water partition coefficient (Wildman–Crippen LogP) is 2.83. The number of carbonyl (C=O) groups excluding carboxylic acids is 2. The molecule has 0 aromatic carbocycles. The SMILES string of the molecule is C=C(C(=O)OC)C1CC=C2C=CC(=O)C(C)C2(C)C1. The number of carbonyl (C=O) groups is 2. The van der Waals surface area contributed by atoms with E-state index in [1.807, 2.05) is 13.0 Å². The van der Waals surface area contributed by atoms with Crippen LogP contribution in [0.4, 0.5) is 0 Å². The molecule has 0 N–H and O–H groups in total. The number of methoxy groups -OCH3 is 1. The number of ketones is 1. The minimum absolute atomic E-state index is 0.0583. The van der Waals surface area contributed by atoms with Crippen LogP contribution in [-0.2, 0) is 14.3 Å². The van der Waals surface area contributed by atoms with Crippen molar-refractivity contribution in [1.29, 1.82) is 0 Å². The molecule has 3 atom stereocenters. The van der Waals surface area contributed by atoms with E-state index in [1.165, 1.54) is 12.7 Å². The van der Waals surface area contributed by atoms with Crippen molar-refractivity contribution in [1.82, 2.24) is 0 Å². The van der Waals surface area contributed by atoms with Crippen LogP contribution < -0.4 is 0 Å². The Morgan fingerprint density at radius 2 is 2.16 bits per heavy atom.